The van der Waals surface area contributed by atoms with E-state index in [-0.39, 0.29) is 6.04 Å². The molecule has 1 aromatic carbocycles. The number of hydrogen-bond acceptors (Lipinski definition) is 5. The Kier molecular flexibility index (Phi) is 3.68. The molecule has 0 radical (unpaired) electrons. The molecule has 0 amide bonds. The summed E-state index contributed by atoms with van der Waals surface area (Å²) in [4.78, 5) is 5.58. The summed E-state index contributed by atoms with van der Waals surface area (Å²) in [6.45, 7) is 0. The van der Waals surface area contributed by atoms with Crippen LogP contribution in [-0.4, -0.2) is 16.5 Å². The van der Waals surface area contributed by atoms with Crippen LogP contribution in [0.2, 0.25) is 0 Å². The normalized spacial score (nSPS) is 12.7. The summed E-state index contributed by atoms with van der Waals surface area (Å²) in [5, 5.41) is 2.02. The lowest BCUT2D eigenvalue weighted by atomic mass is 10.0. The van der Waals surface area contributed by atoms with Gasteiger partial charge >= 0.3 is 0 Å². The minimum atomic E-state index is 0.00899. The molecular weight excluding hydrogens is 272 g/mol. The van der Waals surface area contributed by atoms with E-state index < -0.39 is 0 Å². The zero-order chi connectivity index (χ0) is 13.9. The molecule has 0 aliphatic heterocycles. The molecule has 20 heavy (non-hydrogen) atoms. The van der Waals surface area contributed by atoms with Gasteiger partial charge in [-0.3, -0.25) is 15.7 Å². The topological polar surface area (TPSA) is 64.6 Å². The number of fused-ring (bicyclic) bond motifs is 1. The van der Waals surface area contributed by atoms with Crippen molar-refractivity contribution in [3.8, 4) is 5.75 Å². The summed E-state index contributed by atoms with van der Waals surface area (Å²) < 4.78 is 7.28. The first-order valence-corrected chi connectivity index (χ1v) is 7.19. The van der Waals surface area contributed by atoms with E-state index in [1.54, 1.807) is 18.4 Å². The van der Waals surface area contributed by atoms with E-state index in [0.29, 0.717) is 0 Å². The Hall–Kier alpha value is -1.89. The third kappa shape index (κ3) is 2.53. The zero-order valence-corrected chi connectivity index (χ0v) is 11.9. The minimum Gasteiger partial charge on any atom is -0.497 e. The van der Waals surface area contributed by atoms with Crippen molar-refractivity contribution in [2.45, 2.75) is 12.5 Å². The zero-order valence-electron chi connectivity index (χ0n) is 11.1. The van der Waals surface area contributed by atoms with Gasteiger partial charge in [-0.1, -0.05) is 12.1 Å². The molecule has 0 spiro atoms. The van der Waals surface area contributed by atoms with Gasteiger partial charge in [0.15, 0.2) is 4.96 Å². The molecule has 0 aliphatic carbocycles. The van der Waals surface area contributed by atoms with E-state index in [4.69, 9.17) is 10.6 Å². The number of hydrazine groups is 1. The molecule has 6 heteroatoms. The number of imidazole rings is 1. The maximum absolute atomic E-state index is 5.69. The highest BCUT2D eigenvalue weighted by Crippen LogP contribution is 2.22. The Labute approximate surface area is 121 Å². The smallest absolute Gasteiger partial charge is 0.193 e. The Morgan fingerprint density at radius 2 is 2.40 bits per heavy atom. The molecular formula is C14H16N4OS. The number of benzene rings is 1. The number of nitrogens with two attached hydrogens (primary N) is 1. The number of methoxy groups -OCH3 is 1. The number of nitrogens with one attached hydrogen (secondary N) is 1. The molecule has 0 saturated heterocycles. The monoisotopic (exact) mass is 288 g/mol. The van der Waals surface area contributed by atoms with Crippen molar-refractivity contribution in [1.82, 2.24) is 14.8 Å². The largest absolute Gasteiger partial charge is 0.497 e. The van der Waals surface area contributed by atoms with Crippen LogP contribution < -0.4 is 16.0 Å². The fourth-order valence-electron chi connectivity index (χ4n) is 2.21. The molecule has 2 aromatic heterocycles. The molecule has 104 valence electrons. The van der Waals surface area contributed by atoms with Gasteiger partial charge in [0.2, 0.25) is 0 Å². The first kappa shape index (κ1) is 13.1. The van der Waals surface area contributed by atoms with Gasteiger partial charge in [0.1, 0.15) is 5.75 Å². The highest BCUT2D eigenvalue weighted by molar-refractivity contribution is 7.15. The Balaban J connectivity index is 1.83. The van der Waals surface area contributed by atoms with Crippen LogP contribution in [0.4, 0.5) is 0 Å². The van der Waals surface area contributed by atoms with E-state index in [2.05, 4.69) is 10.4 Å². The van der Waals surface area contributed by atoms with E-state index in [1.165, 1.54) is 0 Å². The average molecular weight is 288 g/mol. The third-order valence-electron chi connectivity index (χ3n) is 3.25. The molecule has 5 nitrogen and oxygen atoms in total. The molecule has 2 heterocycles. The predicted molar refractivity (Wildman–Crippen MR) is 79.8 cm³/mol. The molecule has 3 rings (SSSR count). The maximum atomic E-state index is 5.69. The quantitative estimate of drug-likeness (QED) is 0.558. The molecule has 1 unspecified atom stereocenters. The first-order chi connectivity index (χ1) is 9.80. The summed E-state index contributed by atoms with van der Waals surface area (Å²) in [5.41, 5.74) is 4.96. The predicted octanol–water partition coefficient (Wildman–Crippen LogP) is 2.15. The van der Waals surface area contributed by atoms with E-state index in [1.807, 2.05) is 46.4 Å². The van der Waals surface area contributed by atoms with Gasteiger partial charge in [-0.15, -0.1) is 11.3 Å². The number of ether oxygens (including phenoxy) is 1. The number of hydrogen-bond donors (Lipinski definition) is 2. The van der Waals surface area contributed by atoms with Gasteiger partial charge in [0.25, 0.3) is 0 Å². The van der Waals surface area contributed by atoms with E-state index >= 15 is 0 Å². The van der Waals surface area contributed by atoms with Crippen molar-refractivity contribution >= 4 is 16.3 Å². The van der Waals surface area contributed by atoms with Crippen molar-refractivity contribution in [2.75, 3.05) is 7.11 Å². The summed E-state index contributed by atoms with van der Waals surface area (Å²) in [7, 11) is 1.66. The van der Waals surface area contributed by atoms with Gasteiger partial charge in [-0.05, 0) is 17.7 Å². The second kappa shape index (κ2) is 5.62. The lowest BCUT2D eigenvalue weighted by Gasteiger charge is -2.15. The molecule has 0 fully saturated rings. The Morgan fingerprint density at radius 1 is 1.50 bits per heavy atom. The SMILES string of the molecule is COc1cccc(C(Cc2cn3ccsc3n2)NN)c1. The van der Waals surface area contributed by atoms with E-state index in [0.717, 1.165) is 28.4 Å². The first-order valence-electron chi connectivity index (χ1n) is 6.31. The van der Waals surface area contributed by atoms with Crippen LogP contribution in [-0.2, 0) is 6.42 Å². The van der Waals surface area contributed by atoms with Crippen LogP contribution in [0, 0.1) is 0 Å². The second-order valence-electron chi connectivity index (χ2n) is 4.53. The number of nitrogens with zero attached hydrogens (tertiary/aromatic N) is 2. The number of aromatic nitrogens is 2. The highest BCUT2D eigenvalue weighted by atomic mass is 32.1. The summed E-state index contributed by atoms with van der Waals surface area (Å²) >= 11 is 1.62. The maximum Gasteiger partial charge on any atom is 0.193 e. The summed E-state index contributed by atoms with van der Waals surface area (Å²) in [5.74, 6) is 6.52. The summed E-state index contributed by atoms with van der Waals surface area (Å²) in [6, 6.07) is 7.91. The van der Waals surface area contributed by atoms with Gasteiger partial charge < -0.3 is 4.74 Å². The lowest BCUT2D eigenvalue weighted by Crippen LogP contribution is -2.29. The van der Waals surface area contributed by atoms with Crippen molar-refractivity contribution < 1.29 is 4.74 Å². The fourth-order valence-corrected chi connectivity index (χ4v) is 2.93. The minimum absolute atomic E-state index is 0.00899. The third-order valence-corrected chi connectivity index (χ3v) is 4.02. The van der Waals surface area contributed by atoms with Crippen LogP contribution in [0.1, 0.15) is 17.3 Å². The number of thiazole rings is 1. The van der Waals surface area contributed by atoms with Gasteiger partial charge in [-0.25, -0.2) is 4.98 Å². The standard InChI is InChI=1S/C14H16N4OS/c1-19-12-4-2-3-10(7-12)13(17-15)8-11-9-18-5-6-20-14(18)16-11/h2-7,9,13,17H,8,15H2,1H3. The van der Waals surface area contributed by atoms with Crippen molar-refractivity contribution in [1.29, 1.82) is 0 Å². The van der Waals surface area contributed by atoms with Gasteiger partial charge in [0, 0.05) is 24.2 Å². The van der Waals surface area contributed by atoms with Crippen molar-refractivity contribution in [3.05, 3.63) is 53.3 Å². The molecule has 0 bridgehead atoms. The van der Waals surface area contributed by atoms with Crippen LogP contribution >= 0.6 is 11.3 Å². The van der Waals surface area contributed by atoms with Gasteiger partial charge in [-0.2, -0.15) is 0 Å². The molecule has 0 saturated carbocycles. The number of rotatable bonds is 5. The van der Waals surface area contributed by atoms with Crippen LogP contribution in [0.3, 0.4) is 0 Å². The van der Waals surface area contributed by atoms with Crippen LogP contribution in [0.25, 0.3) is 4.96 Å². The Bertz CT molecular complexity index is 677. The van der Waals surface area contributed by atoms with Crippen LogP contribution in [0.15, 0.2) is 42.0 Å². The van der Waals surface area contributed by atoms with Crippen LogP contribution in [0.5, 0.6) is 5.75 Å². The second-order valence-corrected chi connectivity index (χ2v) is 5.40. The average Bonchev–Trinajstić information content (AvgIpc) is 3.05. The molecule has 0 aliphatic rings. The molecule has 1 atom stereocenters. The fraction of sp³-hybridized carbons (Fsp3) is 0.214. The van der Waals surface area contributed by atoms with E-state index in [9.17, 15) is 0 Å². The Morgan fingerprint density at radius 3 is 3.15 bits per heavy atom. The molecule has 3 N–H and O–H groups in total. The van der Waals surface area contributed by atoms with Gasteiger partial charge in [0.05, 0.1) is 18.8 Å². The molecule has 3 aromatic rings. The highest BCUT2D eigenvalue weighted by Gasteiger charge is 2.14. The van der Waals surface area contributed by atoms with Crippen molar-refractivity contribution in [3.63, 3.8) is 0 Å². The lowest BCUT2D eigenvalue weighted by molar-refractivity contribution is 0.413. The summed E-state index contributed by atoms with van der Waals surface area (Å²) in [6.07, 6.45) is 4.78. The van der Waals surface area contributed by atoms with Crippen molar-refractivity contribution in [2.24, 2.45) is 5.84 Å².